The molecule has 0 saturated carbocycles. The lowest BCUT2D eigenvalue weighted by Crippen LogP contribution is -2.34. The summed E-state index contributed by atoms with van der Waals surface area (Å²) in [6.07, 6.45) is -0.560. The molecule has 0 spiro atoms. The summed E-state index contributed by atoms with van der Waals surface area (Å²) in [7, 11) is 0. The van der Waals surface area contributed by atoms with E-state index in [1.807, 2.05) is 0 Å². The van der Waals surface area contributed by atoms with Crippen molar-refractivity contribution in [3.8, 4) is 11.5 Å². The molecule has 0 bridgehead atoms. The van der Waals surface area contributed by atoms with Crippen molar-refractivity contribution >= 4 is 23.2 Å². The Morgan fingerprint density at radius 2 is 2.10 bits per heavy atom. The van der Waals surface area contributed by atoms with Crippen molar-refractivity contribution in [2.45, 2.75) is 26.6 Å². The Kier molecular flexibility index (Phi) is 4.86. The van der Waals surface area contributed by atoms with E-state index in [1.54, 1.807) is 56.3 Å². The second kappa shape index (κ2) is 7.63. The van der Waals surface area contributed by atoms with Crippen LogP contribution in [0.25, 0.3) is 0 Å². The maximum absolute atomic E-state index is 12.8. The molecule has 2 heterocycles. The SMILES string of the molecule is Cc1nc(COc2ccccc2C(=O)Nc2ccc3c(c2)NC(=O)[C@@H](C)O3)no1. The zero-order chi connectivity index (χ0) is 20.4. The van der Waals surface area contributed by atoms with Crippen molar-refractivity contribution in [1.29, 1.82) is 0 Å². The highest BCUT2D eigenvalue weighted by Crippen LogP contribution is 2.32. The molecular formula is C20H18N4O5. The maximum Gasteiger partial charge on any atom is 0.265 e. The number of anilines is 2. The highest BCUT2D eigenvalue weighted by Gasteiger charge is 2.24. The van der Waals surface area contributed by atoms with Crippen molar-refractivity contribution < 1.29 is 23.6 Å². The quantitative estimate of drug-likeness (QED) is 0.683. The fraction of sp³-hybridized carbons (Fsp3) is 0.200. The first-order valence-corrected chi connectivity index (χ1v) is 8.93. The predicted molar refractivity (Wildman–Crippen MR) is 103 cm³/mol. The minimum atomic E-state index is -0.560. The Bertz CT molecular complexity index is 1080. The monoisotopic (exact) mass is 394 g/mol. The average molecular weight is 394 g/mol. The molecule has 0 saturated heterocycles. The summed E-state index contributed by atoms with van der Waals surface area (Å²) >= 11 is 0. The lowest BCUT2D eigenvalue weighted by atomic mass is 10.1. The second-order valence-corrected chi connectivity index (χ2v) is 6.43. The summed E-state index contributed by atoms with van der Waals surface area (Å²) in [5, 5.41) is 9.32. The normalized spacial score (nSPS) is 15.1. The molecule has 2 amide bonds. The summed E-state index contributed by atoms with van der Waals surface area (Å²) < 4.78 is 16.1. The van der Waals surface area contributed by atoms with Crippen LogP contribution < -0.4 is 20.1 Å². The molecule has 0 aliphatic carbocycles. The lowest BCUT2D eigenvalue weighted by Gasteiger charge is -2.23. The van der Waals surface area contributed by atoms with Crippen molar-refractivity contribution in [1.82, 2.24) is 10.1 Å². The molecule has 3 aromatic rings. The van der Waals surface area contributed by atoms with E-state index in [0.29, 0.717) is 40.2 Å². The number of hydrogen-bond donors (Lipinski definition) is 2. The van der Waals surface area contributed by atoms with Gasteiger partial charge in [-0.2, -0.15) is 4.98 Å². The number of ether oxygens (including phenoxy) is 2. The van der Waals surface area contributed by atoms with Crippen LogP contribution in [0.5, 0.6) is 11.5 Å². The maximum atomic E-state index is 12.8. The number of nitrogens with zero attached hydrogens (tertiary/aromatic N) is 2. The van der Waals surface area contributed by atoms with Gasteiger partial charge in [0.15, 0.2) is 12.7 Å². The Hall–Kier alpha value is -3.88. The zero-order valence-corrected chi connectivity index (χ0v) is 15.8. The molecular weight excluding hydrogens is 376 g/mol. The predicted octanol–water partition coefficient (Wildman–Crippen LogP) is 2.93. The van der Waals surface area contributed by atoms with Gasteiger partial charge in [-0.1, -0.05) is 17.3 Å². The fourth-order valence-electron chi connectivity index (χ4n) is 2.81. The number of hydrogen-bond acceptors (Lipinski definition) is 7. The van der Waals surface area contributed by atoms with E-state index < -0.39 is 6.10 Å². The molecule has 2 aromatic carbocycles. The van der Waals surface area contributed by atoms with Crippen LogP contribution in [0, 0.1) is 6.92 Å². The van der Waals surface area contributed by atoms with Crippen LogP contribution in [-0.4, -0.2) is 28.1 Å². The minimum Gasteiger partial charge on any atom is -0.485 e. The van der Waals surface area contributed by atoms with Crippen LogP contribution in [-0.2, 0) is 11.4 Å². The Balaban J connectivity index is 1.49. The molecule has 1 aromatic heterocycles. The number of aromatic nitrogens is 2. The molecule has 0 unspecified atom stereocenters. The first-order valence-electron chi connectivity index (χ1n) is 8.93. The number of nitrogens with one attached hydrogen (secondary N) is 2. The highest BCUT2D eigenvalue weighted by molar-refractivity contribution is 6.07. The number of carbonyl (C=O) groups is 2. The third-order valence-electron chi connectivity index (χ3n) is 4.23. The van der Waals surface area contributed by atoms with Crippen molar-refractivity contribution in [3.63, 3.8) is 0 Å². The van der Waals surface area contributed by atoms with Crippen LogP contribution in [0.4, 0.5) is 11.4 Å². The number of aryl methyl sites for hydroxylation is 1. The van der Waals surface area contributed by atoms with E-state index in [0.717, 1.165) is 0 Å². The summed E-state index contributed by atoms with van der Waals surface area (Å²) in [6, 6.07) is 11.9. The molecule has 9 nitrogen and oxygen atoms in total. The van der Waals surface area contributed by atoms with Gasteiger partial charge in [0.1, 0.15) is 11.5 Å². The fourth-order valence-corrected chi connectivity index (χ4v) is 2.81. The van der Waals surface area contributed by atoms with E-state index in [9.17, 15) is 9.59 Å². The minimum absolute atomic E-state index is 0.0715. The number of carbonyl (C=O) groups excluding carboxylic acids is 2. The van der Waals surface area contributed by atoms with Crippen LogP contribution >= 0.6 is 0 Å². The van der Waals surface area contributed by atoms with Crippen LogP contribution in [0.1, 0.15) is 29.0 Å². The highest BCUT2D eigenvalue weighted by atomic mass is 16.5. The summed E-state index contributed by atoms with van der Waals surface area (Å²) in [5.41, 5.74) is 1.36. The molecule has 2 N–H and O–H groups in total. The third-order valence-corrected chi connectivity index (χ3v) is 4.23. The molecule has 29 heavy (non-hydrogen) atoms. The molecule has 1 aliphatic heterocycles. The summed E-state index contributed by atoms with van der Waals surface area (Å²) in [6.45, 7) is 3.42. The molecule has 148 valence electrons. The average Bonchev–Trinajstić information content (AvgIpc) is 3.13. The van der Waals surface area contributed by atoms with E-state index >= 15 is 0 Å². The third kappa shape index (κ3) is 4.03. The number of fused-ring (bicyclic) bond motifs is 1. The van der Waals surface area contributed by atoms with Crippen molar-refractivity contribution in [2.75, 3.05) is 10.6 Å². The van der Waals surface area contributed by atoms with Crippen LogP contribution in [0.3, 0.4) is 0 Å². The first kappa shape index (κ1) is 18.5. The van der Waals surface area contributed by atoms with Gasteiger partial charge < -0.3 is 24.6 Å². The van der Waals surface area contributed by atoms with Gasteiger partial charge in [-0.15, -0.1) is 0 Å². The molecule has 0 radical (unpaired) electrons. The lowest BCUT2D eigenvalue weighted by molar-refractivity contribution is -0.122. The Morgan fingerprint density at radius 1 is 1.28 bits per heavy atom. The topological polar surface area (TPSA) is 116 Å². The zero-order valence-electron chi connectivity index (χ0n) is 15.8. The largest absolute Gasteiger partial charge is 0.485 e. The standard InChI is InChI=1S/C20H18N4O5/c1-11-19(25)23-15-9-13(7-8-17(15)28-11)22-20(26)14-5-3-4-6-16(14)27-10-18-21-12(2)29-24-18/h3-9,11H,10H2,1-2H3,(H,22,26)(H,23,25)/t11-/m1/s1. The first-order chi connectivity index (χ1) is 14.0. The van der Waals surface area contributed by atoms with Gasteiger partial charge in [0.2, 0.25) is 11.7 Å². The van der Waals surface area contributed by atoms with Crippen LogP contribution in [0.2, 0.25) is 0 Å². The van der Waals surface area contributed by atoms with Gasteiger partial charge in [0.05, 0.1) is 11.3 Å². The van der Waals surface area contributed by atoms with E-state index in [2.05, 4.69) is 20.8 Å². The number of rotatable bonds is 5. The second-order valence-electron chi connectivity index (χ2n) is 6.43. The molecule has 0 fully saturated rings. The van der Waals surface area contributed by atoms with Gasteiger partial charge in [-0.3, -0.25) is 9.59 Å². The van der Waals surface area contributed by atoms with Gasteiger partial charge >= 0.3 is 0 Å². The number of para-hydroxylation sites is 1. The van der Waals surface area contributed by atoms with Crippen molar-refractivity contribution in [2.24, 2.45) is 0 Å². The molecule has 9 heteroatoms. The smallest absolute Gasteiger partial charge is 0.265 e. The van der Waals surface area contributed by atoms with Crippen LogP contribution in [0.15, 0.2) is 47.0 Å². The number of benzene rings is 2. The van der Waals surface area contributed by atoms with Gasteiger partial charge in [0, 0.05) is 12.6 Å². The Labute approximate surface area is 166 Å². The number of amides is 2. The van der Waals surface area contributed by atoms with E-state index in [-0.39, 0.29) is 18.4 Å². The molecule has 4 rings (SSSR count). The Morgan fingerprint density at radius 3 is 2.90 bits per heavy atom. The molecule has 1 aliphatic rings. The van der Waals surface area contributed by atoms with Crippen molar-refractivity contribution in [3.05, 3.63) is 59.7 Å². The van der Waals surface area contributed by atoms with Gasteiger partial charge in [0.25, 0.3) is 11.8 Å². The summed E-state index contributed by atoms with van der Waals surface area (Å²) in [5.74, 6) is 1.16. The van der Waals surface area contributed by atoms with Gasteiger partial charge in [-0.25, -0.2) is 0 Å². The van der Waals surface area contributed by atoms with Gasteiger partial charge in [-0.05, 0) is 37.3 Å². The summed E-state index contributed by atoms with van der Waals surface area (Å²) in [4.78, 5) is 28.6. The van der Waals surface area contributed by atoms with E-state index in [4.69, 9.17) is 14.0 Å². The van der Waals surface area contributed by atoms with E-state index in [1.165, 1.54) is 0 Å². The molecule has 1 atom stereocenters.